The van der Waals surface area contributed by atoms with Gasteiger partial charge in [-0.1, -0.05) is 18.2 Å². The van der Waals surface area contributed by atoms with Gasteiger partial charge in [-0.05, 0) is 17.7 Å². The standard InChI is InChI=1S/C13H14N2S/c1-2-4-12-10(3-1)11(5-6-14-12)13-9-16-8-7-15-13/h1-6,13,15H,7-9H2/t13-/m0/s1. The molecular weight excluding hydrogens is 216 g/mol. The monoisotopic (exact) mass is 230 g/mol. The number of pyridine rings is 1. The largest absolute Gasteiger partial charge is 0.308 e. The van der Waals surface area contributed by atoms with Crippen molar-refractivity contribution in [2.24, 2.45) is 0 Å². The molecule has 1 saturated heterocycles. The third-order valence-corrected chi connectivity index (χ3v) is 4.04. The number of thioether (sulfide) groups is 1. The second kappa shape index (κ2) is 4.44. The van der Waals surface area contributed by atoms with Crippen LogP contribution in [0.15, 0.2) is 36.5 Å². The number of hydrogen-bond acceptors (Lipinski definition) is 3. The fourth-order valence-electron chi connectivity index (χ4n) is 2.19. The van der Waals surface area contributed by atoms with E-state index in [1.54, 1.807) is 0 Å². The zero-order chi connectivity index (χ0) is 10.8. The number of benzene rings is 1. The lowest BCUT2D eigenvalue weighted by Crippen LogP contribution is -2.30. The van der Waals surface area contributed by atoms with Crippen LogP contribution in [0.5, 0.6) is 0 Å². The molecule has 3 heteroatoms. The summed E-state index contributed by atoms with van der Waals surface area (Å²) in [6.45, 7) is 1.10. The lowest BCUT2D eigenvalue weighted by Gasteiger charge is -2.24. The number of nitrogens with zero attached hydrogens (tertiary/aromatic N) is 1. The Bertz CT molecular complexity index is 487. The number of nitrogens with one attached hydrogen (secondary N) is 1. The van der Waals surface area contributed by atoms with Gasteiger partial charge in [-0.3, -0.25) is 4.98 Å². The van der Waals surface area contributed by atoms with Gasteiger partial charge in [-0.2, -0.15) is 11.8 Å². The molecule has 0 amide bonds. The van der Waals surface area contributed by atoms with Gasteiger partial charge in [0.25, 0.3) is 0 Å². The summed E-state index contributed by atoms with van der Waals surface area (Å²) in [7, 11) is 0. The number of para-hydroxylation sites is 1. The zero-order valence-corrected chi connectivity index (χ0v) is 9.83. The van der Waals surface area contributed by atoms with Crippen molar-refractivity contribution < 1.29 is 0 Å². The lowest BCUT2D eigenvalue weighted by atomic mass is 10.0. The van der Waals surface area contributed by atoms with Crippen molar-refractivity contribution in [1.29, 1.82) is 0 Å². The van der Waals surface area contributed by atoms with Crippen molar-refractivity contribution in [2.75, 3.05) is 18.1 Å². The molecule has 1 aliphatic rings. The van der Waals surface area contributed by atoms with E-state index in [0.717, 1.165) is 17.8 Å². The van der Waals surface area contributed by atoms with E-state index in [4.69, 9.17) is 0 Å². The average Bonchev–Trinajstić information content (AvgIpc) is 2.39. The van der Waals surface area contributed by atoms with Gasteiger partial charge >= 0.3 is 0 Å². The van der Waals surface area contributed by atoms with E-state index in [1.165, 1.54) is 16.7 Å². The topological polar surface area (TPSA) is 24.9 Å². The summed E-state index contributed by atoms with van der Waals surface area (Å²) in [6.07, 6.45) is 1.92. The first-order chi connectivity index (χ1) is 7.95. The zero-order valence-electron chi connectivity index (χ0n) is 9.02. The van der Waals surface area contributed by atoms with E-state index < -0.39 is 0 Å². The minimum Gasteiger partial charge on any atom is -0.308 e. The van der Waals surface area contributed by atoms with Gasteiger partial charge in [0.15, 0.2) is 0 Å². The number of rotatable bonds is 1. The highest BCUT2D eigenvalue weighted by Gasteiger charge is 2.16. The van der Waals surface area contributed by atoms with E-state index in [2.05, 4.69) is 34.6 Å². The first-order valence-electron chi connectivity index (χ1n) is 5.60. The molecule has 0 unspecified atom stereocenters. The molecule has 1 N–H and O–H groups in total. The normalized spacial score (nSPS) is 21.1. The Morgan fingerprint density at radius 1 is 1.25 bits per heavy atom. The summed E-state index contributed by atoms with van der Waals surface area (Å²) in [4.78, 5) is 4.40. The molecule has 0 radical (unpaired) electrons. The summed E-state index contributed by atoms with van der Waals surface area (Å²) in [6, 6.07) is 11.0. The van der Waals surface area contributed by atoms with Crippen LogP contribution in [0.1, 0.15) is 11.6 Å². The number of hydrogen-bond donors (Lipinski definition) is 1. The van der Waals surface area contributed by atoms with Gasteiger partial charge in [0.1, 0.15) is 0 Å². The molecule has 1 aliphatic heterocycles. The summed E-state index contributed by atoms with van der Waals surface area (Å²) in [5, 5.41) is 4.86. The first kappa shape index (κ1) is 10.1. The summed E-state index contributed by atoms with van der Waals surface area (Å²) < 4.78 is 0. The molecule has 0 bridgehead atoms. The molecule has 82 valence electrons. The molecule has 1 atom stereocenters. The maximum atomic E-state index is 4.40. The number of aromatic nitrogens is 1. The van der Waals surface area contributed by atoms with Crippen molar-refractivity contribution >= 4 is 22.7 Å². The van der Waals surface area contributed by atoms with Crippen molar-refractivity contribution in [2.45, 2.75) is 6.04 Å². The van der Waals surface area contributed by atoms with Crippen LogP contribution in [-0.4, -0.2) is 23.0 Å². The van der Waals surface area contributed by atoms with E-state index in [-0.39, 0.29) is 0 Å². The highest BCUT2D eigenvalue weighted by atomic mass is 32.2. The summed E-state index contributed by atoms with van der Waals surface area (Å²) in [5.74, 6) is 2.38. The minimum absolute atomic E-state index is 0.478. The fourth-order valence-corrected chi connectivity index (χ4v) is 3.15. The highest BCUT2D eigenvalue weighted by Crippen LogP contribution is 2.27. The van der Waals surface area contributed by atoms with Crippen LogP contribution in [0, 0.1) is 0 Å². The van der Waals surface area contributed by atoms with Crippen molar-refractivity contribution in [3.05, 3.63) is 42.1 Å². The van der Waals surface area contributed by atoms with Gasteiger partial charge in [-0.15, -0.1) is 0 Å². The van der Waals surface area contributed by atoms with Crippen LogP contribution in [0.25, 0.3) is 10.9 Å². The van der Waals surface area contributed by atoms with Crippen molar-refractivity contribution in [3.63, 3.8) is 0 Å². The van der Waals surface area contributed by atoms with E-state index in [9.17, 15) is 0 Å². The van der Waals surface area contributed by atoms with Crippen molar-refractivity contribution in [1.82, 2.24) is 10.3 Å². The first-order valence-corrected chi connectivity index (χ1v) is 6.75. The molecule has 2 heterocycles. The van der Waals surface area contributed by atoms with Gasteiger partial charge < -0.3 is 5.32 Å². The second-order valence-corrected chi connectivity index (χ2v) is 5.15. The summed E-state index contributed by atoms with van der Waals surface area (Å²) >= 11 is 2.02. The van der Waals surface area contributed by atoms with Crippen LogP contribution in [0.4, 0.5) is 0 Å². The molecule has 3 rings (SSSR count). The Balaban J connectivity index is 2.08. The molecule has 1 fully saturated rings. The van der Waals surface area contributed by atoms with Crippen molar-refractivity contribution in [3.8, 4) is 0 Å². The fraction of sp³-hybridized carbons (Fsp3) is 0.308. The molecule has 16 heavy (non-hydrogen) atoms. The Hall–Kier alpha value is -1.06. The van der Waals surface area contributed by atoms with Crippen LogP contribution in [0.3, 0.4) is 0 Å². The maximum absolute atomic E-state index is 4.40. The average molecular weight is 230 g/mol. The lowest BCUT2D eigenvalue weighted by molar-refractivity contribution is 0.598. The molecule has 2 aromatic rings. The Morgan fingerprint density at radius 3 is 3.06 bits per heavy atom. The molecular formula is C13H14N2S. The second-order valence-electron chi connectivity index (χ2n) is 4.00. The van der Waals surface area contributed by atoms with E-state index in [1.807, 2.05) is 24.0 Å². The third-order valence-electron chi connectivity index (χ3n) is 2.98. The van der Waals surface area contributed by atoms with Crippen LogP contribution < -0.4 is 5.32 Å². The quantitative estimate of drug-likeness (QED) is 0.815. The Labute approximate surface area is 99.5 Å². The van der Waals surface area contributed by atoms with Crippen LogP contribution >= 0.6 is 11.8 Å². The van der Waals surface area contributed by atoms with Crippen LogP contribution in [0.2, 0.25) is 0 Å². The number of fused-ring (bicyclic) bond motifs is 1. The molecule has 1 aromatic carbocycles. The van der Waals surface area contributed by atoms with Gasteiger partial charge in [0.05, 0.1) is 5.52 Å². The Kier molecular flexibility index (Phi) is 2.80. The van der Waals surface area contributed by atoms with E-state index in [0.29, 0.717) is 6.04 Å². The molecule has 1 aromatic heterocycles. The van der Waals surface area contributed by atoms with Gasteiger partial charge in [-0.25, -0.2) is 0 Å². The van der Waals surface area contributed by atoms with Gasteiger partial charge in [0.2, 0.25) is 0 Å². The van der Waals surface area contributed by atoms with Gasteiger partial charge in [0, 0.05) is 35.7 Å². The molecule has 0 aliphatic carbocycles. The Morgan fingerprint density at radius 2 is 2.19 bits per heavy atom. The summed E-state index contributed by atoms with van der Waals surface area (Å²) in [5.41, 5.74) is 2.48. The highest BCUT2D eigenvalue weighted by molar-refractivity contribution is 7.99. The molecule has 2 nitrogen and oxygen atoms in total. The maximum Gasteiger partial charge on any atom is 0.0705 e. The predicted molar refractivity (Wildman–Crippen MR) is 69.8 cm³/mol. The van der Waals surface area contributed by atoms with E-state index >= 15 is 0 Å². The SMILES string of the molecule is c1ccc2c([C@@H]3CSCCN3)ccnc2c1. The minimum atomic E-state index is 0.478. The smallest absolute Gasteiger partial charge is 0.0705 e. The predicted octanol–water partition coefficient (Wildman–Crippen LogP) is 2.61. The third kappa shape index (κ3) is 1.81. The molecule has 0 saturated carbocycles. The molecule has 0 spiro atoms. The van der Waals surface area contributed by atoms with Crippen LogP contribution in [-0.2, 0) is 0 Å².